The number of amides is 2. The van der Waals surface area contributed by atoms with Crippen molar-refractivity contribution in [3.8, 4) is 0 Å². The molecule has 40 heavy (non-hydrogen) atoms. The van der Waals surface area contributed by atoms with Gasteiger partial charge in [-0.3, -0.25) is 19.7 Å². The number of nitro benzene ring substituents is 1. The maximum absolute atomic E-state index is 13.0. The molecule has 2 saturated heterocycles. The van der Waals surface area contributed by atoms with Gasteiger partial charge >= 0.3 is 0 Å². The third kappa shape index (κ3) is 5.88. The Balaban J connectivity index is 1.23. The van der Waals surface area contributed by atoms with Crippen LogP contribution in [0.1, 0.15) is 26.3 Å². The maximum atomic E-state index is 13.0. The molecule has 11 heteroatoms. The number of aryl methyl sites for hydroxylation is 1. The third-order valence-corrected chi connectivity index (χ3v) is 7.58. The van der Waals surface area contributed by atoms with Crippen LogP contribution >= 0.6 is 11.6 Å². The molecule has 0 unspecified atom stereocenters. The number of morpholine rings is 1. The highest BCUT2D eigenvalue weighted by molar-refractivity contribution is 6.33. The van der Waals surface area contributed by atoms with Crippen LogP contribution in [0.2, 0.25) is 5.02 Å². The van der Waals surface area contributed by atoms with E-state index in [1.54, 1.807) is 24.3 Å². The molecule has 208 valence electrons. The van der Waals surface area contributed by atoms with Crippen molar-refractivity contribution in [2.24, 2.45) is 0 Å². The van der Waals surface area contributed by atoms with E-state index >= 15 is 0 Å². The predicted molar refractivity (Wildman–Crippen MR) is 155 cm³/mol. The first kappa shape index (κ1) is 27.4. The average Bonchev–Trinajstić information content (AvgIpc) is 2.97. The van der Waals surface area contributed by atoms with E-state index in [1.165, 1.54) is 6.07 Å². The van der Waals surface area contributed by atoms with Crippen LogP contribution in [0.25, 0.3) is 0 Å². The van der Waals surface area contributed by atoms with Crippen molar-refractivity contribution in [1.82, 2.24) is 4.90 Å². The Hall–Kier alpha value is -4.15. The van der Waals surface area contributed by atoms with E-state index in [1.807, 2.05) is 47.1 Å². The smallest absolute Gasteiger partial charge is 0.293 e. The summed E-state index contributed by atoms with van der Waals surface area (Å²) >= 11 is 6.60. The van der Waals surface area contributed by atoms with Gasteiger partial charge in [0.1, 0.15) is 5.69 Å². The summed E-state index contributed by atoms with van der Waals surface area (Å²) < 4.78 is 5.34. The van der Waals surface area contributed by atoms with Gasteiger partial charge < -0.3 is 24.8 Å². The Morgan fingerprint density at radius 3 is 2.25 bits per heavy atom. The summed E-state index contributed by atoms with van der Waals surface area (Å²) in [5, 5.41) is 15.0. The Morgan fingerprint density at radius 1 is 0.900 bits per heavy atom. The first-order chi connectivity index (χ1) is 19.3. The van der Waals surface area contributed by atoms with Crippen molar-refractivity contribution in [1.29, 1.82) is 0 Å². The zero-order chi connectivity index (χ0) is 28.2. The molecule has 0 aliphatic carbocycles. The van der Waals surface area contributed by atoms with Gasteiger partial charge in [0, 0.05) is 62.1 Å². The summed E-state index contributed by atoms with van der Waals surface area (Å²) in [7, 11) is 0. The fraction of sp³-hybridized carbons (Fsp3) is 0.310. The molecule has 0 radical (unpaired) electrons. The zero-order valence-electron chi connectivity index (χ0n) is 22.1. The van der Waals surface area contributed by atoms with Gasteiger partial charge in [-0.2, -0.15) is 0 Å². The number of benzene rings is 3. The second-order valence-corrected chi connectivity index (χ2v) is 10.2. The molecule has 5 rings (SSSR count). The predicted octanol–water partition coefficient (Wildman–Crippen LogP) is 4.61. The number of nitrogens with zero attached hydrogens (tertiary/aromatic N) is 4. The van der Waals surface area contributed by atoms with E-state index in [0.717, 1.165) is 16.8 Å². The SMILES string of the molecule is Cc1ccccc1C(=O)N1CCN(c2ccc(NC(=O)c3ccc(N4CCOCC4)c([N+](=O)[O-])c3)cc2Cl)CC1. The van der Waals surface area contributed by atoms with Crippen LogP contribution in [0.3, 0.4) is 0 Å². The number of rotatable bonds is 6. The summed E-state index contributed by atoms with van der Waals surface area (Å²) in [4.78, 5) is 43.0. The molecular weight excluding hydrogens is 534 g/mol. The molecule has 1 N–H and O–H groups in total. The molecule has 0 saturated carbocycles. The molecule has 3 aromatic carbocycles. The van der Waals surface area contributed by atoms with Crippen LogP contribution in [0.5, 0.6) is 0 Å². The number of hydrogen-bond donors (Lipinski definition) is 1. The summed E-state index contributed by atoms with van der Waals surface area (Å²) in [6.45, 7) is 6.43. The Kier molecular flexibility index (Phi) is 8.18. The number of hydrogen-bond acceptors (Lipinski definition) is 7. The van der Waals surface area contributed by atoms with Gasteiger partial charge in [-0.1, -0.05) is 29.8 Å². The number of nitrogens with one attached hydrogen (secondary N) is 1. The molecule has 2 aliphatic heterocycles. The molecule has 2 heterocycles. The van der Waals surface area contributed by atoms with E-state index in [0.29, 0.717) is 68.9 Å². The summed E-state index contributed by atoms with van der Waals surface area (Å²) in [6, 6.07) is 17.3. The molecule has 2 aliphatic rings. The van der Waals surface area contributed by atoms with Crippen molar-refractivity contribution in [3.05, 3.63) is 92.5 Å². The Morgan fingerprint density at radius 2 is 1.57 bits per heavy atom. The van der Waals surface area contributed by atoms with Crippen LogP contribution in [0.4, 0.5) is 22.7 Å². The lowest BCUT2D eigenvalue weighted by molar-refractivity contribution is -0.384. The van der Waals surface area contributed by atoms with Crippen molar-refractivity contribution < 1.29 is 19.2 Å². The van der Waals surface area contributed by atoms with Crippen LogP contribution in [0.15, 0.2) is 60.7 Å². The van der Waals surface area contributed by atoms with E-state index in [9.17, 15) is 19.7 Å². The standard InChI is InChI=1S/C29H30ClN5O5/c1-20-4-2-3-5-23(20)29(37)34-12-10-32(11-13-34)25-9-7-22(19-24(25)30)31-28(36)21-6-8-26(27(18-21)35(38)39)33-14-16-40-17-15-33/h2-9,18-19H,10-17H2,1H3,(H,31,36). The van der Waals surface area contributed by atoms with Crippen molar-refractivity contribution in [2.45, 2.75) is 6.92 Å². The van der Waals surface area contributed by atoms with Crippen LogP contribution in [0, 0.1) is 17.0 Å². The van der Waals surface area contributed by atoms with Crippen LogP contribution in [-0.4, -0.2) is 74.1 Å². The topological polar surface area (TPSA) is 108 Å². The molecule has 0 aromatic heterocycles. The number of piperazine rings is 1. The number of carbonyl (C=O) groups excluding carboxylic acids is 2. The van der Waals surface area contributed by atoms with Gasteiger partial charge in [-0.05, 0) is 48.9 Å². The van der Waals surface area contributed by atoms with Gasteiger partial charge in [-0.25, -0.2) is 0 Å². The largest absolute Gasteiger partial charge is 0.378 e. The van der Waals surface area contributed by atoms with Crippen molar-refractivity contribution in [3.63, 3.8) is 0 Å². The first-order valence-electron chi connectivity index (χ1n) is 13.1. The Bertz CT molecular complexity index is 1430. The lowest BCUT2D eigenvalue weighted by Crippen LogP contribution is -2.49. The Labute approximate surface area is 237 Å². The number of ether oxygens (including phenoxy) is 1. The fourth-order valence-corrected chi connectivity index (χ4v) is 5.36. The van der Waals surface area contributed by atoms with E-state index < -0.39 is 10.8 Å². The number of carbonyl (C=O) groups is 2. The van der Waals surface area contributed by atoms with Gasteiger partial charge in [-0.15, -0.1) is 0 Å². The molecule has 2 fully saturated rings. The van der Waals surface area contributed by atoms with Gasteiger partial charge in [0.25, 0.3) is 17.5 Å². The average molecular weight is 564 g/mol. The minimum absolute atomic E-state index is 0.0279. The van der Waals surface area contributed by atoms with E-state index in [2.05, 4.69) is 10.2 Å². The third-order valence-electron chi connectivity index (χ3n) is 7.27. The van der Waals surface area contributed by atoms with Gasteiger partial charge in [0.15, 0.2) is 0 Å². The van der Waals surface area contributed by atoms with Crippen LogP contribution in [-0.2, 0) is 4.74 Å². The lowest BCUT2D eigenvalue weighted by Gasteiger charge is -2.36. The summed E-state index contributed by atoms with van der Waals surface area (Å²) in [5.74, 6) is -0.441. The summed E-state index contributed by atoms with van der Waals surface area (Å²) in [5.41, 5.74) is 3.49. The molecule has 2 amide bonds. The number of nitro groups is 1. The molecule has 0 atom stereocenters. The molecule has 3 aromatic rings. The first-order valence-corrected chi connectivity index (χ1v) is 13.5. The van der Waals surface area contributed by atoms with E-state index in [-0.39, 0.29) is 17.2 Å². The number of halogens is 1. The highest BCUT2D eigenvalue weighted by Gasteiger charge is 2.25. The van der Waals surface area contributed by atoms with Crippen LogP contribution < -0.4 is 15.1 Å². The second-order valence-electron chi connectivity index (χ2n) is 9.77. The molecule has 0 spiro atoms. The zero-order valence-corrected chi connectivity index (χ0v) is 22.9. The van der Waals surface area contributed by atoms with Crippen molar-refractivity contribution in [2.75, 3.05) is 67.6 Å². The maximum Gasteiger partial charge on any atom is 0.293 e. The number of anilines is 3. The fourth-order valence-electron chi connectivity index (χ4n) is 5.06. The van der Waals surface area contributed by atoms with Gasteiger partial charge in [0.05, 0.1) is 28.8 Å². The molecule has 0 bridgehead atoms. The van der Waals surface area contributed by atoms with Gasteiger partial charge in [0.2, 0.25) is 0 Å². The minimum Gasteiger partial charge on any atom is -0.378 e. The summed E-state index contributed by atoms with van der Waals surface area (Å²) in [6.07, 6.45) is 0. The monoisotopic (exact) mass is 563 g/mol. The van der Waals surface area contributed by atoms with E-state index in [4.69, 9.17) is 16.3 Å². The lowest BCUT2D eigenvalue weighted by atomic mass is 10.1. The normalized spacial score (nSPS) is 15.6. The minimum atomic E-state index is -0.471. The highest BCUT2D eigenvalue weighted by atomic mass is 35.5. The second kappa shape index (κ2) is 11.9. The molecule has 10 nitrogen and oxygen atoms in total. The quantitative estimate of drug-likeness (QED) is 0.345. The van der Waals surface area contributed by atoms with Crippen molar-refractivity contribution >= 4 is 46.2 Å². The highest BCUT2D eigenvalue weighted by Crippen LogP contribution is 2.32. The molecular formula is C29H30ClN5O5.